The molecular weight excluding hydrogens is 394 g/mol. The number of ether oxygens (including phenoxy) is 1. The minimum atomic E-state index is 0.0581. The summed E-state index contributed by atoms with van der Waals surface area (Å²) < 4.78 is 6.83. The molecule has 0 saturated carbocycles. The number of halogens is 1. The second kappa shape index (κ2) is 8.90. The second-order valence-electron chi connectivity index (χ2n) is 6.95. The summed E-state index contributed by atoms with van der Waals surface area (Å²) in [5.74, 6) is 0.808. The third-order valence-electron chi connectivity index (χ3n) is 4.99. The number of nitrogens with one attached hydrogen (secondary N) is 2. The first-order valence-corrected chi connectivity index (χ1v) is 10.7. The molecule has 1 aliphatic heterocycles. The normalized spacial score (nSPS) is 19.0. The van der Waals surface area contributed by atoms with Crippen molar-refractivity contribution in [3.63, 3.8) is 0 Å². The Balaban J connectivity index is 1.26. The first-order chi connectivity index (χ1) is 13.7. The van der Waals surface area contributed by atoms with Crippen molar-refractivity contribution in [2.75, 3.05) is 26.2 Å². The number of nitrogens with zero attached hydrogens (tertiary/aromatic N) is 1. The molecule has 1 aliphatic rings. The maximum absolute atomic E-state index is 12.4. The van der Waals surface area contributed by atoms with Gasteiger partial charge in [0.2, 0.25) is 0 Å². The molecule has 2 atom stereocenters. The summed E-state index contributed by atoms with van der Waals surface area (Å²) in [5.41, 5.74) is 1.05. The molecule has 3 aromatic rings. The van der Waals surface area contributed by atoms with Crippen LogP contribution >= 0.6 is 22.9 Å². The SMILES string of the molecule is O=C(C[NH+]1CCC[C@@H]1c1nc2ccccc2s1)NCCOc1ccc(Cl)cc1. The number of fused-ring (bicyclic) bond motifs is 1. The highest BCUT2D eigenvalue weighted by Crippen LogP contribution is 2.28. The highest BCUT2D eigenvalue weighted by molar-refractivity contribution is 7.18. The first-order valence-electron chi connectivity index (χ1n) is 9.54. The molecule has 5 nitrogen and oxygen atoms in total. The number of quaternary nitrogens is 1. The van der Waals surface area contributed by atoms with E-state index in [-0.39, 0.29) is 5.91 Å². The van der Waals surface area contributed by atoms with Crippen molar-refractivity contribution >= 4 is 39.1 Å². The van der Waals surface area contributed by atoms with E-state index in [4.69, 9.17) is 21.3 Å². The molecule has 0 bridgehead atoms. The van der Waals surface area contributed by atoms with Crippen LogP contribution in [0.5, 0.6) is 5.75 Å². The van der Waals surface area contributed by atoms with E-state index < -0.39 is 0 Å². The lowest BCUT2D eigenvalue weighted by molar-refractivity contribution is -0.910. The fourth-order valence-corrected chi connectivity index (χ4v) is 4.91. The van der Waals surface area contributed by atoms with Crippen LogP contribution in [0.25, 0.3) is 10.2 Å². The molecule has 28 heavy (non-hydrogen) atoms. The molecule has 1 amide bonds. The number of amides is 1. The lowest BCUT2D eigenvalue weighted by Crippen LogP contribution is -3.11. The molecule has 2 heterocycles. The van der Waals surface area contributed by atoms with Gasteiger partial charge >= 0.3 is 0 Å². The summed E-state index contributed by atoms with van der Waals surface area (Å²) in [5, 5.41) is 4.79. The summed E-state index contributed by atoms with van der Waals surface area (Å²) in [6.07, 6.45) is 2.21. The van der Waals surface area contributed by atoms with Crippen LogP contribution in [0.15, 0.2) is 48.5 Å². The minimum Gasteiger partial charge on any atom is -0.492 e. The van der Waals surface area contributed by atoms with Crippen molar-refractivity contribution in [3.05, 3.63) is 58.6 Å². The Labute approximate surface area is 173 Å². The number of aromatic nitrogens is 1. The quantitative estimate of drug-likeness (QED) is 0.582. The molecule has 1 unspecified atom stereocenters. The van der Waals surface area contributed by atoms with E-state index in [2.05, 4.69) is 17.4 Å². The number of thiazole rings is 1. The summed E-state index contributed by atoms with van der Waals surface area (Å²) >= 11 is 7.61. The van der Waals surface area contributed by atoms with Crippen molar-refractivity contribution in [2.24, 2.45) is 0 Å². The highest BCUT2D eigenvalue weighted by Gasteiger charge is 2.33. The van der Waals surface area contributed by atoms with Crippen molar-refractivity contribution < 1.29 is 14.4 Å². The zero-order valence-electron chi connectivity index (χ0n) is 15.5. The maximum Gasteiger partial charge on any atom is 0.275 e. The largest absolute Gasteiger partial charge is 0.492 e. The van der Waals surface area contributed by atoms with Gasteiger partial charge in [0.15, 0.2) is 11.6 Å². The van der Waals surface area contributed by atoms with Crippen LogP contribution in [-0.2, 0) is 4.79 Å². The second-order valence-corrected chi connectivity index (χ2v) is 8.45. The van der Waals surface area contributed by atoms with Crippen molar-refractivity contribution in [1.29, 1.82) is 0 Å². The van der Waals surface area contributed by atoms with Crippen LogP contribution in [-0.4, -0.2) is 37.1 Å². The predicted molar refractivity (Wildman–Crippen MR) is 112 cm³/mol. The van der Waals surface area contributed by atoms with E-state index in [9.17, 15) is 4.79 Å². The van der Waals surface area contributed by atoms with Gasteiger partial charge in [-0.15, -0.1) is 11.3 Å². The van der Waals surface area contributed by atoms with Crippen molar-refractivity contribution in [1.82, 2.24) is 10.3 Å². The molecule has 1 saturated heterocycles. The van der Waals surface area contributed by atoms with E-state index in [0.29, 0.717) is 30.8 Å². The van der Waals surface area contributed by atoms with Gasteiger partial charge in [0.25, 0.3) is 5.91 Å². The minimum absolute atomic E-state index is 0.0581. The smallest absolute Gasteiger partial charge is 0.275 e. The lowest BCUT2D eigenvalue weighted by Gasteiger charge is -2.19. The van der Waals surface area contributed by atoms with Gasteiger partial charge in [-0.3, -0.25) is 4.79 Å². The predicted octanol–water partition coefficient (Wildman–Crippen LogP) is 2.86. The number of hydrogen-bond acceptors (Lipinski definition) is 4. The number of rotatable bonds is 7. The Kier molecular flexibility index (Phi) is 6.10. The molecular formula is C21H23ClN3O2S+. The molecule has 0 radical (unpaired) electrons. The summed E-state index contributed by atoms with van der Waals surface area (Å²) in [4.78, 5) is 18.5. The van der Waals surface area contributed by atoms with Gasteiger partial charge in [-0.05, 0) is 36.4 Å². The number of para-hydroxylation sites is 1. The molecule has 4 rings (SSSR count). The van der Waals surface area contributed by atoms with E-state index in [1.807, 2.05) is 24.3 Å². The Morgan fingerprint density at radius 3 is 2.89 bits per heavy atom. The lowest BCUT2D eigenvalue weighted by atomic mass is 10.2. The molecule has 1 aromatic heterocycles. The molecule has 2 N–H and O–H groups in total. The third-order valence-corrected chi connectivity index (χ3v) is 6.39. The van der Waals surface area contributed by atoms with Gasteiger partial charge in [-0.25, -0.2) is 4.98 Å². The van der Waals surface area contributed by atoms with Crippen LogP contribution < -0.4 is 15.0 Å². The van der Waals surface area contributed by atoms with E-state index in [1.54, 1.807) is 23.5 Å². The van der Waals surface area contributed by atoms with Crippen LogP contribution in [0.1, 0.15) is 23.9 Å². The molecule has 146 valence electrons. The zero-order valence-corrected chi connectivity index (χ0v) is 17.1. The summed E-state index contributed by atoms with van der Waals surface area (Å²) in [6.45, 7) is 2.40. The highest BCUT2D eigenvalue weighted by atomic mass is 35.5. The Bertz CT molecular complexity index is 911. The van der Waals surface area contributed by atoms with E-state index >= 15 is 0 Å². The summed E-state index contributed by atoms with van der Waals surface area (Å²) in [7, 11) is 0. The third kappa shape index (κ3) is 4.63. The van der Waals surface area contributed by atoms with Gasteiger partial charge in [0.05, 0.1) is 23.3 Å². The average molecular weight is 417 g/mol. The monoisotopic (exact) mass is 416 g/mol. The van der Waals surface area contributed by atoms with Gasteiger partial charge in [-0.2, -0.15) is 0 Å². The van der Waals surface area contributed by atoms with E-state index in [1.165, 1.54) is 9.60 Å². The Hall–Kier alpha value is -2.15. The molecule has 1 fully saturated rings. The number of likely N-dealkylation sites (tertiary alicyclic amines) is 1. The maximum atomic E-state index is 12.4. The molecule has 0 spiro atoms. The van der Waals surface area contributed by atoms with Crippen LogP contribution in [0.3, 0.4) is 0 Å². The number of hydrogen-bond donors (Lipinski definition) is 2. The molecule has 2 aromatic carbocycles. The zero-order chi connectivity index (χ0) is 19.3. The number of carbonyl (C=O) groups excluding carboxylic acids is 1. The van der Waals surface area contributed by atoms with E-state index in [0.717, 1.165) is 35.7 Å². The van der Waals surface area contributed by atoms with Crippen LogP contribution in [0, 0.1) is 0 Å². The standard InChI is InChI=1S/C21H22ClN3O2S/c22-15-7-9-16(10-8-15)27-13-11-23-20(26)14-25-12-3-5-18(25)21-24-17-4-1-2-6-19(17)28-21/h1-2,4,6-10,18H,3,5,11-14H2,(H,23,26)/p+1/t18-/m1/s1. The fourth-order valence-electron chi connectivity index (χ4n) is 3.62. The van der Waals surface area contributed by atoms with Crippen molar-refractivity contribution in [2.45, 2.75) is 18.9 Å². The van der Waals surface area contributed by atoms with Crippen LogP contribution in [0.4, 0.5) is 0 Å². The number of carbonyl (C=O) groups is 1. The molecule has 0 aliphatic carbocycles. The fraction of sp³-hybridized carbons (Fsp3) is 0.333. The van der Waals surface area contributed by atoms with Gasteiger partial charge in [0.1, 0.15) is 18.4 Å². The first kappa shape index (κ1) is 19.2. The van der Waals surface area contributed by atoms with Gasteiger partial charge in [-0.1, -0.05) is 23.7 Å². The molecule has 7 heteroatoms. The number of benzene rings is 2. The van der Waals surface area contributed by atoms with Crippen LogP contribution in [0.2, 0.25) is 5.02 Å². The topological polar surface area (TPSA) is 55.7 Å². The van der Waals surface area contributed by atoms with Gasteiger partial charge < -0.3 is 15.0 Å². The Morgan fingerprint density at radius 2 is 2.07 bits per heavy atom. The van der Waals surface area contributed by atoms with Gasteiger partial charge in [0, 0.05) is 17.9 Å². The Morgan fingerprint density at radius 1 is 1.25 bits per heavy atom. The average Bonchev–Trinajstić information content (AvgIpc) is 3.33. The van der Waals surface area contributed by atoms with Crippen molar-refractivity contribution in [3.8, 4) is 5.75 Å². The summed E-state index contributed by atoms with van der Waals surface area (Å²) in [6, 6.07) is 15.8.